The van der Waals surface area contributed by atoms with Crippen molar-refractivity contribution in [3.63, 3.8) is 0 Å². The molecular formula is C10H9NO4S. The van der Waals surface area contributed by atoms with Crippen molar-refractivity contribution in [2.75, 3.05) is 4.47 Å². The van der Waals surface area contributed by atoms with E-state index in [-0.39, 0.29) is 10.2 Å². The lowest BCUT2D eigenvalue weighted by molar-refractivity contribution is 0.297. The van der Waals surface area contributed by atoms with Gasteiger partial charge in [0, 0.05) is 5.39 Å². The molecule has 0 aliphatic rings. The molecule has 2 aromatic rings. The van der Waals surface area contributed by atoms with Crippen LogP contribution in [0.3, 0.4) is 0 Å². The Bertz CT molecular complexity index is 618. The van der Waals surface area contributed by atoms with Gasteiger partial charge in [0.2, 0.25) is 0 Å². The molecule has 0 fully saturated rings. The second kappa shape index (κ2) is 3.75. The van der Waals surface area contributed by atoms with Crippen molar-refractivity contribution >= 4 is 26.8 Å². The average molecular weight is 239 g/mol. The van der Waals surface area contributed by atoms with Gasteiger partial charge in [-0.05, 0) is 11.5 Å². The van der Waals surface area contributed by atoms with E-state index in [4.69, 9.17) is 4.55 Å². The molecule has 0 amide bonds. The van der Waals surface area contributed by atoms with Crippen LogP contribution >= 0.6 is 0 Å². The smallest absolute Gasteiger partial charge is 0.272 e. The molecule has 0 bridgehead atoms. The van der Waals surface area contributed by atoms with E-state index in [2.05, 4.69) is 0 Å². The molecule has 0 saturated carbocycles. The zero-order valence-corrected chi connectivity index (χ0v) is 8.92. The Kier molecular flexibility index (Phi) is 2.55. The van der Waals surface area contributed by atoms with Crippen molar-refractivity contribution in [1.82, 2.24) is 0 Å². The van der Waals surface area contributed by atoms with Crippen LogP contribution in [0, 0.1) is 0 Å². The third kappa shape index (κ3) is 1.85. The normalized spacial score (nSPS) is 11.6. The van der Waals surface area contributed by atoms with Crippen LogP contribution in [0.2, 0.25) is 0 Å². The standard InChI is InChI=1S/C10H9NO4S/c12-11(16(13,14)15)10-7-3-5-8-4-1-2-6-9(8)10/h1-7,12H,(H,13,14,15). The molecule has 0 aromatic heterocycles. The second-order valence-electron chi connectivity index (χ2n) is 3.22. The van der Waals surface area contributed by atoms with Crippen LogP contribution in [-0.2, 0) is 10.3 Å². The maximum Gasteiger partial charge on any atom is 0.382 e. The van der Waals surface area contributed by atoms with E-state index >= 15 is 0 Å². The quantitative estimate of drug-likeness (QED) is 0.619. The summed E-state index contributed by atoms with van der Waals surface area (Å²) in [7, 11) is -4.66. The number of anilines is 1. The Morgan fingerprint density at radius 3 is 2.31 bits per heavy atom. The van der Waals surface area contributed by atoms with Crippen molar-refractivity contribution in [1.29, 1.82) is 0 Å². The van der Waals surface area contributed by atoms with Crippen LogP contribution in [0.15, 0.2) is 42.5 Å². The minimum atomic E-state index is -4.66. The molecule has 0 unspecified atom stereocenters. The summed E-state index contributed by atoms with van der Waals surface area (Å²) in [5.41, 5.74) is 0.0144. The minimum Gasteiger partial charge on any atom is -0.272 e. The number of rotatable bonds is 2. The van der Waals surface area contributed by atoms with Crippen LogP contribution in [-0.4, -0.2) is 18.2 Å². The summed E-state index contributed by atoms with van der Waals surface area (Å²) < 4.78 is 30.2. The monoisotopic (exact) mass is 239 g/mol. The molecule has 0 saturated heterocycles. The van der Waals surface area contributed by atoms with Gasteiger partial charge in [-0.15, -0.1) is 4.47 Å². The van der Waals surface area contributed by atoms with Gasteiger partial charge in [0.05, 0.1) is 5.69 Å². The van der Waals surface area contributed by atoms with Gasteiger partial charge in [-0.2, -0.15) is 8.42 Å². The highest BCUT2D eigenvalue weighted by Gasteiger charge is 2.18. The van der Waals surface area contributed by atoms with Crippen LogP contribution in [0.4, 0.5) is 5.69 Å². The highest BCUT2D eigenvalue weighted by molar-refractivity contribution is 7.87. The second-order valence-corrected chi connectivity index (χ2v) is 4.46. The molecule has 2 aromatic carbocycles. The van der Waals surface area contributed by atoms with Crippen LogP contribution in [0.25, 0.3) is 10.8 Å². The van der Waals surface area contributed by atoms with Gasteiger partial charge in [-0.3, -0.25) is 9.76 Å². The molecule has 84 valence electrons. The summed E-state index contributed by atoms with van der Waals surface area (Å²) in [6, 6.07) is 11.7. The van der Waals surface area contributed by atoms with Crippen LogP contribution in [0.1, 0.15) is 0 Å². The molecular weight excluding hydrogens is 230 g/mol. The number of nitrogens with zero attached hydrogens (tertiary/aromatic N) is 1. The number of hydrogen-bond acceptors (Lipinski definition) is 3. The van der Waals surface area contributed by atoms with E-state index in [0.29, 0.717) is 5.39 Å². The zero-order valence-electron chi connectivity index (χ0n) is 8.11. The van der Waals surface area contributed by atoms with E-state index in [0.717, 1.165) is 5.39 Å². The molecule has 0 aliphatic heterocycles. The Labute approximate surface area is 92.4 Å². The predicted octanol–water partition coefficient (Wildman–Crippen LogP) is 1.84. The highest BCUT2D eigenvalue weighted by atomic mass is 32.2. The first-order chi connectivity index (χ1) is 7.50. The summed E-state index contributed by atoms with van der Waals surface area (Å²) in [5, 5.41) is 10.6. The average Bonchev–Trinajstić information content (AvgIpc) is 2.26. The molecule has 0 atom stereocenters. The van der Waals surface area contributed by atoms with Gasteiger partial charge in [0.15, 0.2) is 0 Å². The maximum absolute atomic E-state index is 10.8. The summed E-state index contributed by atoms with van der Waals surface area (Å²) in [4.78, 5) is 0. The van der Waals surface area contributed by atoms with Crippen molar-refractivity contribution < 1.29 is 18.2 Å². The maximum atomic E-state index is 10.8. The minimum absolute atomic E-state index is 0.0144. The third-order valence-electron chi connectivity index (χ3n) is 2.19. The van der Waals surface area contributed by atoms with Gasteiger partial charge < -0.3 is 0 Å². The first-order valence-electron chi connectivity index (χ1n) is 4.44. The fourth-order valence-corrected chi connectivity index (χ4v) is 1.91. The number of fused-ring (bicyclic) bond motifs is 1. The van der Waals surface area contributed by atoms with E-state index in [1.54, 1.807) is 36.4 Å². The first-order valence-corrected chi connectivity index (χ1v) is 5.84. The van der Waals surface area contributed by atoms with Gasteiger partial charge in [-0.25, -0.2) is 0 Å². The summed E-state index contributed by atoms with van der Waals surface area (Å²) in [5.74, 6) is 0. The first kappa shape index (κ1) is 10.9. The topological polar surface area (TPSA) is 77.8 Å². The molecule has 2 N–H and O–H groups in total. The Morgan fingerprint density at radius 2 is 1.62 bits per heavy atom. The van der Waals surface area contributed by atoms with E-state index in [9.17, 15) is 13.6 Å². The molecule has 0 aliphatic carbocycles. The van der Waals surface area contributed by atoms with Gasteiger partial charge in [0.25, 0.3) is 0 Å². The molecule has 0 spiro atoms. The van der Waals surface area contributed by atoms with Gasteiger partial charge in [-0.1, -0.05) is 36.4 Å². The van der Waals surface area contributed by atoms with Crippen LogP contribution < -0.4 is 4.47 Å². The molecule has 2 rings (SSSR count). The predicted molar refractivity (Wildman–Crippen MR) is 59.8 cm³/mol. The van der Waals surface area contributed by atoms with E-state index in [1.165, 1.54) is 6.07 Å². The number of benzene rings is 2. The molecule has 6 heteroatoms. The Hall–Kier alpha value is -1.63. The van der Waals surface area contributed by atoms with Gasteiger partial charge >= 0.3 is 10.3 Å². The summed E-state index contributed by atoms with van der Waals surface area (Å²) in [6.07, 6.45) is 0. The Morgan fingerprint density at radius 1 is 1.00 bits per heavy atom. The lowest BCUT2D eigenvalue weighted by atomic mass is 10.1. The van der Waals surface area contributed by atoms with Crippen molar-refractivity contribution in [3.8, 4) is 0 Å². The summed E-state index contributed by atoms with van der Waals surface area (Å²) in [6.45, 7) is 0. The molecule has 16 heavy (non-hydrogen) atoms. The lowest BCUT2D eigenvalue weighted by Crippen LogP contribution is -2.26. The van der Waals surface area contributed by atoms with Crippen LogP contribution in [0.5, 0.6) is 0 Å². The van der Waals surface area contributed by atoms with Gasteiger partial charge in [0.1, 0.15) is 0 Å². The fraction of sp³-hybridized carbons (Fsp3) is 0. The largest absolute Gasteiger partial charge is 0.382 e. The fourth-order valence-electron chi connectivity index (χ4n) is 1.50. The van der Waals surface area contributed by atoms with Crippen molar-refractivity contribution in [2.45, 2.75) is 0 Å². The molecule has 0 radical (unpaired) electrons. The van der Waals surface area contributed by atoms with Crippen molar-refractivity contribution in [3.05, 3.63) is 42.5 Å². The number of hydrogen-bond donors (Lipinski definition) is 2. The zero-order chi connectivity index (χ0) is 11.8. The Balaban J connectivity index is 2.70. The van der Waals surface area contributed by atoms with E-state index in [1.807, 2.05) is 0 Å². The summed E-state index contributed by atoms with van der Waals surface area (Å²) >= 11 is 0. The molecule has 5 nitrogen and oxygen atoms in total. The third-order valence-corrected chi connectivity index (χ3v) is 2.83. The molecule has 0 heterocycles. The highest BCUT2D eigenvalue weighted by Crippen LogP contribution is 2.26. The lowest BCUT2D eigenvalue weighted by Gasteiger charge is -2.14. The van der Waals surface area contributed by atoms with Crippen molar-refractivity contribution in [2.24, 2.45) is 0 Å². The SMILES string of the molecule is O=S(=O)(O)N(O)c1cccc2ccccc12. The van der Waals surface area contributed by atoms with E-state index < -0.39 is 10.3 Å².